The van der Waals surface area contributed by atoms with Gasteiger partial charge in [0.25, 0.3) is 5.89 Å². The van der Waals surface area contributed by atoms with Gasteiger partial charge in [-0.3, -0.25) is 4.90 Å². The van der Waals surface area contributed by atoms with Gasteiger partial charge in [-0.1, -0.05) is 78.8 Å². The molecular formula is C30H29FN4O2. The predicted molar refractivity (Wildman–Crippen MR) is 141 cm³/mol. The Morgan fingerprint density at radius 1 is 0.973 bits per heavy atom. The van der Waals surface area contributed by atoms with Crippen molar-refractivity contribution in [2.75, 3.05) is 6.54 Å². The number of nitrogens with zero attached hydrogens (tertiary/aromatic N) is 3. The third-order valence-electron chi connectivity index (χ3n) is 6.77. The van der Waals surface area contributed by atoms with Gasteiger partial charge in [-0.15, -0.1) is 0 Å². The lowest BCUT2D eigenvalue weighted by Gasteiger charge is -2.35. The first-order chi connectivity index (χ1) is 18.0. The van der Waals surface area contributed by atoms with E-state index in [4.69, 9.17) is 9.51 Å². The number of aromatic nitrogens is 2. The topological polar surface area (TPSA) is 71.3 Å². The number of aryl methyl sites for hydroxylation is 2. The quantitative estimate of drug-likeness (QED) is 0.300. The zero-order valence-corrected chi connectivity index (χ0v) is 20.9. The lowest BCUT2D eigenvalue weighted by atomic mass is 9.94. The Morgan fingerprint density at radius 2 is 1.70 bits per heavy atom. The second-order valence-electron chi connectivity index (χ2n) is 9.15. The SMILES string of the molecule is CCc1ccc(-c2noc(C3=C(C)N(CCCc4ccccc4)C(=O)NC3c3ccc(F)cc3)n2)cc1. The molecule has 6 nitrogen and oxygen atoms in total. The maximum atomic E-state index is 13.7. The maximum absolute atomic E-state index is 13.7. The summed E-state index contributed by atoms with van der Waals surface area (Å²) in [5.41, 5.74) is 5.48. The Labute approximate surface area is 215 Å². The third kappa shape index (κ3) is 5.31. The molecule has 0 bridgehead atoms. The van der Waals surface area contributed by atoms with Crippen molar-refractivity contribution in [3.05, 3.63) is 113 Å². The molecule has 1 aromatic heterocycles. The highest BCUT2D eigenvalue weighted by Crippen LogP contribution is 2.37. The molecule has 1 atom stereocenters. The normalized spacial score (nSPS) is 15.7. The summed E-state index contributed by atoms with van der Waals surface area (Å²) in [7, 11) is 0. The van der Waals surface area contributed by atoms with Crippen LogP contribution in [0.25, 0.3) is 17.0 Å². The number of hydrogen-bond donors (Lipinski definition) is 1. The maximum Gasteiger partial charge on any atom is 0.322 e. The zero-order valence-electron chi connectivity index (χ0n) is 20.9. The van der Waals surface area contributed by atoms with Crippen molar-refractivity contribution in [3.63, 3.8) is 0 Å². The smallest absolute Gasteiger partial charge is 0.322 e. The van der Waals surface area contributed by atoms with Crippen LogP contribution in [0.5, 0.6) is 0 Å². The standard InChI is InChI=1S/C30H29FN4O2/c1-3-21-11-13-24(14-12-21)28-33-29(37-34-28)26-20(2)35(19-7-10-22-8-5-4-6-9-22)30(36)32-27(26)23-15-17-25(31)18-16-23/h4-6,8-9,11-18,27H,3,7,10,19H2,1-2H3,(H,32,36). The molecule has 5 rings (SSSR count). The molecule has 7 heteroatoms. The van der Waals surface area contributed by atoms with Crippen molar-refractivity contribution < 1.29 is 13.7 Å². The van der Waals surface area contributed by atoms with Gasteiger partial charge in [0.2, 0.25) is 5.82 Å². The van der Waals surface area contributed by atoms with Crippen molar-refractivity contribution >= 4 is 11.6 Å². The fourth-order valence-electron chi connectivity index (χ4n) is 4.66. The van der Waals surface area contributed by atoms with Gasteiger partial charge < -0.3 is 9.84 Å². The summed E-state index contributed by atoms with van der Waals surface area (Å²) >= 11 is 0. The molecule has 2 heterocycles. The minimum atomic E-state index is -0.547. The van der Waals surface area contributed by atoms with Crippen LogP contribution in [0.3, 0.4) is 0 Å². The van der Waals surface area contributed by atoms with Crippen molar-refractivity contribution in [1.82, 2.24) is 20.4 Å². The van der Waals surface area contributed by atoms with Gasteiger partial charge in [-0.2, -0.15) is 4.98 Å². The van der Waals surface area contributed by atoms with E-state index in [9.17, 15) is 9.18 Å². The number of hydrogen-bond acceptors (Lipinski definition) is 4. The Bertz CT molecular complexity index is 1400. The Kier molecular flexibility index (Phi) is 7.12. The van der Waals surface area contributed by atoms with E-state index in [1.165, 1.54) is 23.3 Å². The second kappa shape index (κ2) is 10.8. The van der Waals surface area contributed by atoms with Crippen LogP contribution in [0.4, 0.5) is 9.18 Å². The lowest BCUT2D eigenvalue weighted by Crippen LogP contribution is -2.46. The first kappa shape index (κ1) is 24.4. The molecule has 37 heavy (non-hydrogen) atoms. The first-order valence-corrected chi connectivity index (χ1v) is 12.5. The molecule has 0 saturated carbocycles. The summed E-state index contributed by atoms with van der Waals surface area (Å²) < 4.78 is 19.4. The molecule has 0 spiro atoms. The zero-order chi connectivity index (χ0) is 25.8. The summed E-state index contributed by atoms with van der Waals surface area (Å²) in [6, 6.07) is 23.6. The number of carbonyl (C=O) groups excluding carboxylic acids is 1. The fraction of sp³-hybridized carbons (Fsp3) is 0.233. The average Bonchev–Trinajstić information content (AvgIpc) is 3.41. The molecule has 2 amide bonds. The van der Waals surface area contributed by atoms with E-state index in [1.54, 1.807) is 17.0 Å². The van der Waals surface area contributed by atoms with Gasteiger partial charge >= 0.3 is 6.03 Å². The van der Waals surface area contributed by atoms with Crippen molar-refractivity contribution in [1.29, 1.82) is 0 Å². The molecule has 1 unspecified atom stereocenters. The lowest BCUT2D eigenvalue weighted by molar-refractivity contribution is 0.204. The van der Waals surface area contributed by atoms with Gasteiger partial charge in [-0.05, 0) is 55.0 Å². The van der Waals surface area contributed by atoms with E-state index in [1.807, 2.05) is 49.4 Å². The largest absolute Gasteiger partial charge is 0.334 e. The van der Waals surface area contributed by atoms with Crippen LogP contribution in [0, 0.1) is 5.82 Å². The highest BCUT2D eigenvalue weighted by Gasteiger charge is 2.35. The third-order valence-corrected chi connectivity index (χ3v) is 6.77. The van der Waals surface area contributed by atoms with Gasteiger partial charge in [0, 0.05) is 17.8 Å². The molecule has 1 aliphatic heterocycles. The Balaban J connectivity index is 1.48. The van der Waals surface area contributed by atoms with Crippen LogP contribution in [0.2, 0.25) is 0 Å². The summed E-state index contributed by atoms with van der Waals surface area (Å²) in [4.78, 5) is 19.6. The number of nitrogens with one attached hydrogen (secondary N) is 1. The summed E-state index contributed by atoms with van der Waals surface area (Å²) in [5.74, 6) is 0.462. The van der Waals surface area contributed by atoms with E-state index in [0.717, 1.165) is 36.1 Å². The fourth-order valence-corrected chi connectivity index (χ4v) is 4.66. The number of rotatable bonds is 8. The molecule has 0 radical (unpaired) electrons. The number of allylic oxidation sites excluding steroid dienone is 1. The molecule has 1 aliphatic rings. The van der Waals surface area contributed by atoms with Crippen molar-refractivity contribution in [2.24, 2.45) is 0 Å². The predicted octanol–water partition coefficient (Wildman–Crippen LogP) is 6.57. The van der Waals surface area contributed by atoms with Crippen LogP contribution >= 0.6 is 0 Å². The molecule has 188 valence electrons. The van der Waals surface area contributed by atoms with E-state index < -0.39 is 6.04 Å². The molecule has 3 aromatic carbocycles. The van der Waals surface area contributed by atoms with Gasteiger partial charge in [0.1, 0.15) is 5.82 Å². The molecular weight excluding hydrogens is 467 g/mol. The van der Waals surface area contributed by atoms with E-state index in [-0.39, 0.29) is 11.8 Å². The Hall–Kier alpha value is -4.26. The van der Waals surface area contributed by atoms with Gasteiger partial charge in [-0.25, -0.2) is 9.18 Å². The number of amides is 2. The number of halogens is 1. The van der Waals surface area contributed by atoms with Crippen LogP contribution in [-0.2, 0) is 12.8 Å². The molecule has 0 aliphatic carbocycles. The van der Waals surface area contributed by atoms with Crippen LogP contribution in [-0.4, -0.2) is 27.6 Å². The minimum Gasteiger partial charge on any atom is -0.334 e. The number of carbonyl (C=O) groups is 1. The van der Waals surface area contributed by atoms with Crippen molar-refractivity contribution in [3.8, 4) is 11.4 Å². The number of benzene rings is 3. The molecule has 4 aromatic rings. The van der Waals surface area contributed by atoms with Crippen LogP contribution in [0.1, 0.15) is 48.9 Å². The first-order valence-electron chi connectivity index (χ1n) is 12.5. The summed E-state index contributed by atoms with van der Waals surface area (Å²) in [6.07, 6.45) is 2.60. The van der Waals surface area contributed by atoms with Gasteiger partial charge in [0.05, 0.1) is 11.6 Å². The van der Waals surface area contributed by atoms with Crippen molar-refractivity contribution in [2.45, 2.75) is 39.2 Å². The van der Waals surface area contributed by atoms with Gasteiger partial charge in [0.15, 0.2) is 0 Å². The molecule has 1 N–H and O–H groups in total. The monoisotopic (exact) mass is 496 g/mol. The second-order valence-corrected chi connectivity index (χ2v) is 9.15. The van der Waals surface area contributed by atoms with E-state index >= 15 is 0 Å². The minimum absolute atomic E-state index is 0.210. The summed E-state index contributed by atoms with van der Waals surface area (Å²) in [5, 5.41) is 7.30. The number of urea groups is 1. The van der Waals surface area contributed by atoms with Crippen LogP contribution < -0.4 is 5.32 Å². The summed E-state index contributed by atoms with van der Waals surface area (Å²) in [6.45, 7) is 4.54. The highest BCUT2D eigenvalue weighted by atomic mass is 19.1. The van der Waals surface area contributed by atoms with E-state index in [0.29, 0.717) is 23.8 Å². The van der Waals surface area contributed by atoms with E-state index in [2.05, 4.69) is 29.5 Å². The Morgan fingerprint density at radius 3 is 2.41 bits per heavy atom. The molecule has 0 fully saturated rings. The average molecular weight is 497 g/mol. The highest BCUT2D eigenvalue weighted by molar-refractivity contribution is 5.86. The molecule has 0 saturated heterocycles. The van der Waals surface area contributed by atoms with Crippen LogP contribution in [0.15, 0.2) is 89.1 Å².